The van der Waals surface area contributed by atoms with Gasteiger partial charge in [0.2, 0.25) is 0 Å². The van der Waals surface area contributed by atoms with Crippen LogP contribution in [0.5, 0.6) is 0 Å². The van der Waals surface area contributed by atoms with E-state index in [-0.39, 0.29) is 41.8 Å². The minimum Gasteiger partial charge on any atom is -0.383 e. The fraction of sp³-hybridized carbons (Fsp3) is 0.743. The molecule has 7 atom stereocenters. The molecular formula is C35H46ClF5O2S. The van der Waals surface area contributed by atoms with Crippen molar-refractivity contribution in [1.82, 2.24) is 0 Å². The summed E-state index contributed by atoms with van der Waals surface area (Å²) in [5.41, 5.74) is -3.73. The van der Waals surface area contributed by atoms with E-state index in [0.29, 0.717) is 25.7 Å². The largest absolute Gasteiger partial charge is 0.456 e. The smallest absolute Gasteiger partial charge is 0.383 e. The third-order valence-electron chi connectivity index (χ3n) is 12.2. The highest BCUT2D eigenvalue weighted by Gasteiger charge is 2.79. The lowest BCUT2D eigenvalue weighted by molar-refractivity contribution is -0.364. The van der Waals surface area contributed by atoms with Crippen molar-refractivity contribution in [2.75, 3.05) is 5.75 Å². The Kier molecular flexibility index (Phi) is 9.97. The van der Waals surface area contributed by atoms with Gasteiger partial charge in [-0.1, -0.05) is 75.3 Å². The number of hydrogen-bond donors (Lipinski definition) is 1. The Hall–Kier alpha value is -1.12. The number of thioether (sulfide) groups is 1. The van der Waals surface area contributed by atoms with Crippen LogP contribution in [-0.4, -0.2) is 34.3 Å². The Labute approximate surface area is 268 Å². The fourth-order valence-corrected chi connectivity index (χ4v) is 11.0. The first-order chi connectivity index (χ1) is 20.7. The van der Waals surface area contributed by atoms with Gasteiger partial charge >= 0.3 is 12.1 Å². The van der Waals surface area contributed by atoms with Crippen molar-refractivity contribution >= 4 is 29.1 Å². The SMILES string of the molecule is C[C@]12CCC(=O)C=C1C[C@@H](CCCCCCCCSc1ccccc1Cl)[C@@H]1[C@@H]2CC[C@@]2(C)[C@H]1CC[C@@]2(O)C(F)(F)C(F)(F)F. The summed E-state index contributed by atoms with van der Waals surface area (Å²) >= 11 is 8.01. The lowest BCUT2D eigenvalue weighted by Gasteiger charge is -2.62. The predicted molar refractivity (Wildman–Crippen MR) is 166 cm³/mol. The number of allylic oxidation sites excluding steroid dienone is 1. The topological polar surface area (TPSA) is 37.3 Å². The molecule has 1 aromatic rings. The minimum atomic E-state index is -5.80. The Balaban J connectivity index is 1.23. The van der Waals surface area contributed by atoms with Crippen LogP contribution in [0, 0.1) is 34.5 Å². The summed E-state index contributed by atoms with van der Waals surface area (Å²) < 4.78 is 71.0. The zero-order chi connectivity index (χ0) is 32.0. The molecule has 0 bridgehead atoms. The molecule has 0 amide bonds. The molecule has 4 aliphatic rings. The molecule has 0 radical (unpaired) electrons. The Morgan fingerprint density at radius 3 is 2.30 bits per heavy atom. The average molecular weight is 661 g/mol. The summed E-state index contributed by atoms with van der Waals surface area (Å²) in [4.78, 5) is 13.6. The number of hydrogen-bond acceptors (Lipinski definition) is 3. The summed E-state index contributed by atoms with van der Waals surface area (Å²) in [7, 11) is 0. The maximum atomic E-state index is 15.0. The molecule has 9 heteroatoms. The highest BCUT2D eigenvalue weighted by Crippen LogP contribution is 2.72. The van der Waals surface area contributed by atoms with Crippen LogP contribution in [-0.2, 0) is 4.79 Å². The number of ketones is 1. The van der Waals surface area contributed by atoms with Crippen LogP contribution in [0.15, 0.2) is 40.8 Å². The number of aliphatic hydroxyl groups is 1. The van der Waals surface area contributed by atoms with Crippen molar-refractivity contribution in [3.63, 3.8) is 0 Å². The van der Waals surface area contributed by atoms with Gasteiger partial charge in [-0.05, 0) is 104 Å². The quantitative estimate of drug-likeness (QED) is 0.146. The van der Waals surface area contributed by atoms with E-state index in [1.807, 2.05) is 30.3 Å². The third-order valence-corrected chi connectivity index (χ3v) is 13.8. The average Bonchev–Trinajstić information content (AvgIpc) is 3.24. The van der Waals surface area contributed by atoms with E-state index in [1.165, 1.54) is 6.92 Å². The highest BCUT2D eigenvalue weighted by molar-refractivity contribution is 7.99. The van der Waals surface area contributed by atoms with Crippen molar-refractivity contribution in [1.29, 1.82) is 0 Å². The van der Waals surface area contributed by atoms with Crippen molar-refractivity contribution in [3.8, 4) is 0 Å². The maximum absolute atomic E-state index is 15.0. The van der Waals surface area contributed by atoms with Crippen LogP contribution in [0.1, 0.15) is 104 Å². The van der Waals surface area contributed by atoms with Crippen LogP contribution >= 0.6 is 23.4 Å². The summed E-state index contributed by atoms with van der Waals surface area (Å²) in [6.07, 6.45) is 5.45. The number of rotatable bonds is 11. The molecule has 1 N–H and O–H groups in total. The predicted octanol–water partition coefficient (Wildman–Crippen LogP) is 10.8. The van der Waals surface area contributed by atoms with Crippen molar-refractivity contribution in [3.05, 3.63) is 40.9 Å². The van der Waals surface area contributed by atoms with Gasteiger partial charge in [-0.3, -0.25) is 4.79 Å². The van der Waals surface area contributed by atoms with Gasteiger partial charge in [-0.2, -0.15) is 22.0 Å². The lowest BCUT2D eigenvalue weighted by atomic mass is 9.43. The molecule has 44 heavy (non-hydrogen) atoms. The molecule has 3 saturated carbocycles. The van der Waals surface area contributed by atoms with Crippen LogP contribution in [0.2, 0.25) is 5.02 Å². The van der Waals surface area contributed by atoms with E-state index >= 15 is 8.78 Å². The molecule has 0 unspecified atom stereocenters. The lowest BCUT2D eigenvalue weighted by Crippen LogP contribution is -2.66. The second-order valence-electron chi connectivity index (χ2n) is 14.4. The van der Waals surface area contributed by atoms with Crippen LogP contribution in [0.25, 0.3) is 0 Å². The van der Waals surface area contributed by atoms with Crippen LogP contribution in [0.4, 0.5) is 22.0 Å². The first kappa shape index (κ1) is 34.2. The zero-order valence-electron chi connectivity index (χ0n) is 25.8. The van der Waals surface area contributed by atoms with Gasteiger partial charge in [0.15, 0.2) is 5.78 Å². The summed E-state index contributed by atoms with van der Waals surface area (Å²) in [6, 6.07) is 7.86. The van der Waals surface area contributed by atoms with Crippen LogP contribution in [0.3, 0.4) is 0 Å². The second kappa shape index (κ2) is 12.8. The van der Waals surface area contributed by atoms with Crippen LogP contribution < -0.4 is 0 Å². The van der Waals surface area contributed by atoms with E-state index in [9.17, 15) is 23.1 Å². The summed E-state index contributed by atoms with van der Waals surface area (Å²) in [5.74, 6) is -4.23. The Morgan fingerprint density at radius 2 is 1.59 bits per heavy atom. The molecule has 2 nitrogen and oxygen atoms in total. The normalized spacial score (nSPS) is 35.6. The molecular weight excluding hydrogens is 615 g/mol. The number of alkyl halides is 5. The molecule has 0 spiro atoms. The molecule has 0 aliphatic heterocycles. The van der Waals surface area contributed by atoms with E-state index in [1.54, 1.807) is 11.8 Å². The second-order valence-corrected chi connectivity index (χ2v) is 16.0. The third kappa shape index (κ3) is 5.91. The Morgan fingerprint density at radius 1 is 0.932 bits per heavy atom. The number of fused-ring (bicyclic) bond motifs is 5. The van der Waals surface area contributed by atoms with Crippen molar-refractivity contribution < 1.29 is 31.9 Å². The fourth-order valence-electron chi connectivity index (χ4n) is 9.73. The zero-order valence-corrected chi connectivity index (χ0v) is 27.4. The molecule has 0 saturated heterocycles. The molecule has 3 fully saturated rings. The first-order valence-corrected chi connectivity index (χ1v) is 17.8. The van der Waals surface area contributed by atoms with Gasteiger partial charge in [0, 0.05) is 16.7 Å². The number of carbonyl (C=O) groups is 1. The van der Waals surface area contributed by atoms with Gasteiger partial charge in [0.1, 0.15) is 5.60 Å². The summed E-state index contributed by atoms with van der Waals surface area (Å²) in [5, 5.41) is 12.1. The highest BCUT2D eigenvalue weighted by atomic mass is 35.5. The Bertz CT molecular complexity index is 1240. The standard InChI is InChI=1S/C35H46ClF5O2S/c1-31-17-14-25(42)22-24(31)21-23(11-7-5-3-4-6-10-20-44-29-13-9-8-12-28(29)36)30-26(31)15-18-32(2)27(30)16-19-33(32,43)34(37,38)35(39,40)41/h8-9,12-13,22-23,26-27,30,43H,3-7,10-11,14-21H2,1-2H3/t23-,26+,27+,30-,31+,32+,33+/m1/s1. The van der Waals surface area contributed by atoms with E-state index in [4.69, 9.17) is 11.6 Å². The molecule has 246 valence electrons. The number of unbranched alkanes of at least 4 members (excludes halogenated alkanes) is 5. The van der Waals surface area contributed by atoms with Crippen molar-refractivity contribution in [2.45, 2.75) is 126 Å². The van der Waals surface area contributed by atoms with Gasteiger partial charge in [0.25, 0.3) is 0 Å². The number of carbonyl (C=O) groups excluding carboxylic acids is 1. The molecule has 4 aliphatic carbocycles. The minimum absolute atomic E-state index is 0.0380. The van der Waals surface area contributed by atoms with E-state index in [2.05, 4.69) is 6.92 Å². The molecule has 0 aromatic heterocycles. The number of halogens is 6. The first-order valence-electron chi connectivity index (χ1n) is 16.4. The van der Waals surface area contributed by atoms with Crippen molar-refractivity contribution in [2.24, 2.45) is 34.5 Å². The van der Waals surface area contributed by atoms with Gasteiger partial charge in [-0.25, -0.2) is 0 Å². The van der Waals surface area contributed by atoms with E-state index in [0.717, 1.165) is 66.2 Å². The molecule has 0 heterocycles. The van der Waals surface area contributed by atoms with Gasteiger partial charge < -0.3 is 5.11 Å². The van der Waals surface area contributed by atoms with Gasteiger partial charge in [0.05, 0.1) is 5.02 Å². The molecule has 1 aromatic carbocycles. The monoisotopic (exact) mass is 660 g/mol. The maximum Gasteiger partial charge on any atom is 0.456 e. The number of benzene rings is 1. The van der Waals surface area contributed by atoms with E-state index < -0.39 is 35.5 Å². The summed E-state index contributed by atoms with van der Waals surface area (Å²) in [6.45, 7) is 3.68. The molecule has 5 rings (SSSR count). The van der Waals surface area contributed by atoms with Gasteiger partial charge in [-0.15, -0.1) is 11.8 Å².